The fourth-order valence-corrected chi connectivity index (χ4v) is 3.75. The summed E-state index contributed by atoms with van der Waals surface area (Å²) in [5, 5.41) is 10.4. The van der Waals surface area contributed by atoms with E-state index in [9.17, 15) is 9.90 Å². The predicted molar refractivity (Wildman–Crippen MR) is 129 cm³/mol. The molecule has 0 aliphatic heterocycles. The first-order chi connectivity index (χ1) is 15.3. The molecule has 0 aliphatic carbocycles. The molecule has 0 fully saturated rings. The highest BCUT2D eigenvalue weighted by atomic mass is 35.5. The minimum Gasteiger partial charge on any atom is -0.494 e. The van der Waals surface area contributed by atoms with E-state index in [1.54, 1.807) is 10.6 Å². The van der Waals surface area contributed by atoms with Gasteiger partial charge in [-0.25, -0.2) is 4.79 Å². The third kappa shape index (κ3) is 5.46. The highest BCUT2D eigenvalue weighted by Crippen LogP contribution is 2.29. The van der Waals surface area contributed by atoms with Gasteiger partial charge >= 0.3 is 5.97 Å². The highest BCUT2D eigenvalue weighted by molar-refractivity contribution is 6.32. The van der Waals surface area contributed by atoms with E-state index in [1.807, 2.05) is 68.3 Å². The number of terminal acetylenes is 1. The number of ether oxygens (including phenoxy) is 1. The van der Waals surface area contributed by atoms with Crippen molar-refractivity contribution >= 4 is 28.9 Å². The van der Waals surface area contributed by atoms with Crippen LogP contribution >= 0.6 is 11.6 Å². The van der Waals surface area contributed by atoms with E-state index in [0.717, 1.165) is 38.8 Å². The quantitative estimate of drug-likeness (QED) is 0.320. The van der Waals surface area contributed by atoms with Gasteiger partial charge in [-0.15, -0.1) is 6.42 Å². The van der Waals surface area contributed by atoms with Crippen LogP contribution in [0.15, 0.2) is 48.7 Å². The maximum Gasteiger partial charge on any atom is 0.352 e. The Hall–Kier alpha value is -3.36. The number of carboxylic acids is 1. The molecule has 0 aliphatic rings. The summed E-state index contributed by atoms with van der Waals surface area (Å²) in [5.74, 6) is 2.44. The second-order valence-corrected chi connectivity index (χ2v) is 8.16. The van der Waals surface area contributed by atoms with E-state index in [4.69, 9.17) is 22.8 Å². The Morgan fingerprint density at radius 2 is 1.88 bits per heavy atom. The van der Waals surface area contributed by atoms with Gasteiger partial charge in [0.05, 0.1) is 18.8 Å². The number of anilines is 2. The zero-order chi connectivity index (χ0) is 23.3. The van der Waals surface area contributed by atoms with Gasteiger partial charge in [0.15, 0.2) is 0 Å². The number of rotatable bonds is 9. The second kappa shape index (κ2) is 10.3. The molecule has 1 aromatic heterocycles. The van der Waals surface area contributed by atoms with Crippen molar-refractivity contribution in [3.05, 3.63) is 76.1 Å². The van der Waals surface area contributed by atoms with E-state index in [2.05, 4.69) is 5.92 Å². The molecular formula is C26H27ClN2O3. The van der Waals surface area contributed by atoms with E-state index in [-0.39, 0.29) is 5.69 Å². The Labute approximate surface area is 194 Å². The van der Waals surface area contributed by atoms with Gasteiger partial charge in [-0.05, 0) is 74.2 Å². The molecule has 0 unspecified atom stereocenters. The summed E-state index contributed by atoms with van der Waals surface area (Å²) in [5.41, 5.74) is 4.93. The third-order valence-electron chi connectivity index (χ3n) is 5.20. The fourth-order valence-electron chi connectivity index (χ4n) is 3.64. The Kier molecular flexibility index (Phi) is 7.50. The van der Waals surface area contributed by atoms with E-state index in [0.29, 0.717) is 26.1 Å². The first kappa shape index (κ1) is 23.3. The summed E-state index contributed by atoms with van der Waals surface area (Å²) in [7, 11) is 0. The molecular weight excluding hydrogens is 424 g/mol. The van der Waals surface area contributed by atoms with Crippen molar-refractivity contribution in [2.75, 3.05) is 18.1 Å². The van der Waals surface area contributed by atoms with Gasteiger partial charge in [0.25, 0.3) is 0 Å². The lowest BCUT2D eigenvalue weighted by Crippen LogP contribution is -2.16. The SMILES string of the molecule is C#CCN(c1cccc(C)c1)c1cc(C(=O)O)n(CCCOc2cc(C)c(Cl)c(C)c2)c1. The Balaban J connectivity index is 1.74. The standard InChI is InChI=1S/C26H27ClN2O3/c1-5-10-29(21-9-6-8-18(2)13-21)22-16-24(26(30)31)28(17-22)11-7-12-32-23-14-19(3)25(27)20(4)15-23/h1,6,8-9,13-17H,7,10-12H2,2-4H3,(H,30,31). The Morgan fingerprint density at radius 1 is 1.16 bits per heavy atom. The molecule has 1 N–H and O–H groups in total. The van der Waals surface area contributed by atoms with Gasteiger partial charge in [0.1, 0.15) is 11.4 Å². The van der Waals surface area contributed by atoms with Crippen LogP contribution in [0.3, 0.4) is 0 Å². The van der Waals surface area contributed by atoms with Crippen LogP contribution in [0.1, 0.15) is 33.6 Å². The number of carbonyl (C=O) groups is 1. The Bertz CT molecular complexity index is 1140. The van der Waals surface area contributed by atoms with Crippen LogP contribution < -0.4 is 9.64 Å². The van der Waals surface area contributed by atoms with Gasteiger partial charge in [0, 0.05) is 23.5 Å². The number of aryl methyl sites for hydroxylation is 4. The second-order valence-electron chi connectivity index (χ2n) is 7.78. The van der Waals surface area contributed by atoms with Gasteiger partial charge in [-0.1, -0.05) is 29.7 Å². The predicted octanol–water partition coefficient (Wildman–Crippen LogP) is 6.01. The summed E-state index contributed by atoms with van der Waals surface area (Å²) in [6.07, 6.45) is 8.07. The van der Waals surface area contributed by atoms with Crippen molar-refractivity contribution < 1.29 is 14.6 Å². The van der Waals surface area contributed by atoms with E-state index >= 15 is 0 Å². The molecule has 6 heteroatoms. The molecule has 0 amide bonds. The fraction of sp³-hybridized carbons (Fsp3) is 0.269. The lowest BCUT2D eigenvalue weighted by atomic mass is 10.1. The summed E-state index contributed by atoms with van der Waals surface area (Å²) >= 11 is 6.21. The van der Waals surface area contributed by atoms with Crippen molar-refractivity contribution in [2.45, 2.75) is 33.7 Å². The molecule has 3 rings (SSSR count). The van der Waals surface area contributed by atoms with Crippen molar-refractivity contribution in [3.63, 3.8) is 0 Å². The molecule has 32 heavy (non-hydrogen) atoms. The van der Waals surface area contributed by atoms with Crippen LogP contribution in [0.25, 0.3) is 0 Å². The van der Waals surface area contributed by atoms with Crippen LogP contribution in [0.5, 0.6) is 5.75 Å². The molecule has 0 saturated carbocycles. The average molecular weight is 451 g/mol. The maximum atomic E-state index is 11.8. The number of aromatic carboxylic acids is 1. The summed E-state index contributed by atoms with van der Waals surface area (Å²) < 4.78 is 7.60. The molecule has 5 nitrogen and oxygen atoms in total. The molecule has 0 radical (unpaired) electrons. The largest absolute Gasteiger partial charge is 0.494 e. The highest BCUT2D eigenvalue weighted by Gasteiger charge is 2.17. The molecule has 3 aromatic rings. The lowest BCUT2D eigenvalue weighted by molar-refractivity contribution is 0.0684. The molecule has 2 aromatic carbocycles. The average Bonchev–Trinajstić information content (AvgIpc) is 3.17. The van der Waals surface area contributed by atoms with Crippen LogP contribution in [0.2, 0.25) is 5.02 Å². The number of nitrogens with zero attached hydrogens (tertiary/aromatic N) is 2. The van der Waals surface area contributed by atoms with Crippen molar-refractivity contribution in [1.82, 2.24) is 4.57 Å². The normalized spacial score (nSPS) is 10.6. The van der Waals surface area contributed by atoms with Crippen molar-refractivity contribution in [2.24, 2.45) is 0 Å². The molecule has 0 saturated heterocycles. The van der Waals surface area contributed by atoms with Crippen molar-refractivity contribution in [1.29, 1.82) is 0 Å². The van der Waals surface area contributed by atoms with E-state index in [1.165, 1.54) is 0 Å². The van der Waals surface area contributed by atoms with Crippen LogP contribution in [-0.2, 0) is 6.54 Å². The van der Waals surface area contributed by atoms with Gasteiger partial charge in [-0.3, -0.25) is 0 Å². The number of carboxylic acid groups (broad SMARTS) is 1. The molecule has 0 spiro atoms. The summed E-state index contributed by atoms with van der Waals surface area (Å²) in [4.78, 5) is 13.8. The van der Waals surface area contributed by atoms with Gasteiger partial charge in [-0.2, -0.15) is 0 Å². The number of hydrogen-bond acceptors (Lipinski definition) is 3. The van der Waals surface area contributed by atoms with Crippen LogP contribution in [-0.4, -0.2) is 28.8 Å². The zero-order valence-corrected chi connectivity index (χ0v) is 19.3. The van der Waals surface area contributed by atoms with Gasteiger partial charge < -0.3 is 19.3 Å². The number of halogens is 1. The minimum atomic E-state index is -0.981. The summed E-state index contributed by atoms with van der Waals surface area (Å²) in [6, 6.07) is 13.4. The minimum absolute atomic E-state index is 0.216. The van der Waals surface area contributed by atoms with Crippen molar-refractivity contribution in [3.8, 4) is 18.1 Å². The monoisotopic (exact) mass is 450 g/mol. The smallest absolute Gasteiger partial charge is 0.352 e. The van der Waals surface area contributed by atoms with Crippen LogP contribution in [0.4, 0.5) is 11.4 Å². The number of aromatic nitrogens is 1. The number of hydrogen-bond donors (Lipinski definition) is 1. The summed E-state index contributed by atoms with van der Waals surface area (Å²) in [6.45, 7) is 7.20. The topological polar surface area (TPSA) is 54.7 Å². The first-order valence-corrected chi connectivity index (χ1v) is 10.8. The zero-order valence-electron chi connectivity index (χ0n) is 18.6. The lowest BCUT2D eigenvalue weighted by Gasteiger charge is -2.21. The Morgan fingerprint density at radius 3 is 2.50 bits per heavy atom. The van der Waals surface area contributed by atoms with Crippen LogP contribution in [0, 0.1) is 33.1 Å². The molecule has 0 bridgehead atoms. The number of benzene rings is 2. The molecule has 0 atom stereocenters. The molecule has 1 heterocycles. The molecule has 166 valence electrons. The first-order valence-electron chi connectivity index (χ1n) is 10.4. The van der Waals surface area contributed by atoms with Gasteiger partial charge in [0.2, 0.25) is 0 Å². The maximum absolute atomic E-state index is 11.8. The van der Waals surface area contributed by atoms with E-state index < -0.39 is 5.97 Å². The third-order valence-corrected chi connectivity index (χ3v) is 5.79.